The van der Waals surface area contributed by atoms with Crippen LogP contribution in [0.25, 0.3) is 11.3 Å². The number of nitrogens with zero attached hydrogens (tertiary/aromatic N) is 1. The van der Waals surface area contributed by atoms with Gasteiger partial charge in [0.05, 0.1) is 5.69 Å². The number of thiazole rings is 1. The molecule has 1 heterocycles. The first-order valence-electron chi connectivity index (χ1n) is 7.19. The minimum absolute atomic E-state index is 0.607. The van der Waals surface area contributed by atoms with Crippen molar-refractivity contribution in [1.29, 1.82) is 0 Å². The first-order valence-corrected chi connectivity index (χ1v) is 8.07. The normalized spacial score (nSPS) is 10.7. The van der Waals surface area contributed by atoms with Crippen molar-refractivity contribution in [2.45, 2.75) is 20.8 Å². The van der Waals surface area contributed by atoms with Crippen molar-refractivity contribution in [1.82, 2.24) is 4.98 Å². The fourth-order valence-electron chi connectivity index (χ4n) is 2.65. The van der Waals surface area contributed by atoms with Crippen LogP contribution in [0.1, 0.15) is 16.7 Å². The van der Waals surface area contributed by atoms with Gasteiger partial charge in [-0.1, -0.05) is 17.7 Å². The van der Waals surface area contributed by atoms with Crippen molar-refractivity contribution in [2.24, 2.45) is 0 Å². The Morgan fingerprint density at radius 2 is 1.59 bits per heavy atom. The predicted molar refractivity (Wildman–Crippen MR) is 95.9 cm³/mol. The van der Waals surface area contributed by atoms with E-state index in [1.165, 1.54) is 33.6 Å². The number of aryl methyl sites for hydroxylation is 3. The molecule has 0 aliphatic carbocycles. The van der Waals surface area contributed by atoms with Gasteiger partial charge < -0.3 is 11.1 Å². The Kier molecular flexibility index (Phi) is 3.86. The highest BCUT2D eigenvalue weighted by molar-refractivity contribution is 7.13. The Morgan fingerprint density at radius 3 is 2.14 bits per heavy atom. The molecule has 0 saturated carbocycles. The molecule has 0 bridgehead atoms. The van der Waals surface area contributed by atoms with Crippen molar-refractivity contribution in [3.8, 4) is 11.3 Å². The summed E-state index contributed by atoms with van der Waals surface area (Å²) in [5.74, 6) is 0. The van der Waals surface area contributed by atoms with Gasteiger partial charge in [0, 0.05) is 22.3 Å². The molecule has 0 atom stereocenters. The number of nitrogens with two attached hydrogens (primary N) is 1. The molecule has 3 rings (SSSR count). The number of aromatic nitrogens is 1. The molecule has 4 heteroatoms. The van der Waals surface area contributed by atoms with Crippen LogP contribution in [0, 0.1) is 20.8 Å². The maximum absolute atomic E-state index is 5.76. The summed E-state index contributed by atoms with van der Waals surface area (Å²) >= 11 is 1.48. The third-order valence-electron chi connectivity index (χ3n) is 3.65. The zero-order chi connectivity index (χ0) is 15.7. The van der Waals surface area contributed by atoms with E-state index in [9.17, 15) is 0 Å². The number of hydrogen-bond acceptors (Lipinski definition) is 4. The Labute approximate surface area is 134 Å². The number of anilines is 3. The first-order chi connectivity index (χ1) is 10.5. The maximum Gasteiger partial charge on any atom is 0.180 e. The van der Waals surface area contributed by atoms with E-state index in [1.807, 2.05) is 5.38 Å². The second kappa shape index (κ2) is 5.81. The third kappa shape index (κ3) is 2.97. The lowest BCUT2D eigenvalue weighted by Crippen LogP contribution is -1.95. The second-order valence-corrected chi connectivity index (χ2v) is 6.44. The van der Waals surface area contributed by atoms with Gasteiger partial charge in [0.15, 0.2) is 5.13 Å². The SMILES string of the molecule is Cc1ccc(Nc2cc(C)c(-c3csc(N)n3)c(C)c2)cc1. The minimum Gasteiger partial charge on any atom is -0.375 e. The molecule has 0 radical (unpaired) electrons. The van der Waals surface area contributed by atoms with Crippen molar-refractivity contribution in [3.05, 3.63) is 58.5 Å². The van der Waals surface area contributed by atoms with E-state index in [0.29, 0.717) is 5.13 Å². The maximum atomic E-state index is 5.76. The fraction of sp³-hybridized carbons (Fsp3) is 0.167. The Bertz CT molecular complexity index is 780. The molecule has 0 saturated heterocycles. The van der Waals surface area contributed by atoms with Crippen LogP contribution in [-0.4, -0.2) is 4.98 Å². The highest BCUT2D eigenvalue weighted by atomic mass is 32.1. The quantitative estimate of drug-likeness (QED) is 0.711. The molecular weight excluding hydrogens is 290 g/mol. The average molecular weight is 309 g/mol. The molecule has 0 unspecified atom stereocenters. The van der Waals surface area contributed by atoms with Crippen molar-refractivity contribution in [2.75, 3.05) is 11.1 Å². The number of benzene rings is 2. The fourth-order valence-corrected chi connectivity index (χ4v) is 3.20. The van der Waals surface area contributed by atoms with Crippen LogP contribution in [0.15, 0.2) is 41.8 Å². The Morgan fingerprint density at radius 1 is 0.955 bits per heavy atom. The minimum atomic E-state index is 0.607. The topological polar surface area (TPSA) is 50.9 Å². The summed E-state index contributed by atoms with van der Waals surface area (Å²) in [5.41, 5.74) is 13.7. The summed E-state index contributed by atoms with van der Waals surface area (Å²) in [6.07, 6.45) is 0. The standard InChI is InChI=1S/C18H19N3S/c1-11-4-6-14(7-5-11)20-15-8-12(2)17(13(3)9-15)16-10-22-18(19)21-16/h4-10,20H,1-3H3,(H2,19,21). The smallest absolute Gasteiger partial charge is 0.180 e. The van der Waals surface area contributed by atoms with Gasteiger partial charge in [-0.2, -0.15) is 0 Å². The van der Waals surface area contributed by atoms with E-state index < -0.39 is 0 Å². The zero-order valence-electron chi connectivity index (χ0n) is 13.0. The molecule has 2 aromatic carbocycles. The Hall–Kier alpha value is -2.33. The van der Waals surface area contributed by atoms with Gasteiger partial charge in [0.25, 0.3) is 0 Å². The van der Waals surface area contributed by atoms with Crippen molar-refractivity contribution >= 4 is 27.8 Å². The van der Waals surface area contributed by atoms with Crippen molar-refractivity contribution in [3.63, 3.8) is 0 Å². The van der Waals surface area contributed by atoms with Gasteiger partial charge in [-0.25, -0.2) is 4.98 Å². The lowest BCUT2D eigenvalue weighted by molar-refractivity contribution is 1.32. The summed E-state index contributed by atoms with van der Waals surface area (Å²) in [7, 11) is 0. The van der Waals surface area contributed by atoms with Gasteiger partial charge in [0.2, 0.25) is 0 Å². The summed E-state index contributed by atoms with van der Waals surface area (Å²) in [5, 5.41) is 6.07. The molecule has 0 fully saturated rings. The van der Waals surface area contributed by atoms with Crippen LogP contribution >= 0.6 is 11.3 Å². The summed E-state index contributed by atoms with van der Waals surface area (Å²) in [6.45, 7) is 6.31. The van der Waals surface area contributed by atoms with Crippen LogP contribution in [0.3, 0.4) is 0 Å². The van der Waals surface area contributed by atoms with Gasteiger partial charge in [-0.15, -0.1) is 11.3 Å². The lowest BCUT2D eigenvalue weighted by Gasteiger charge is -2.13. The zero-order valence-corrected chi connectivity index (χ0v) is 13.8. The first kappa shape index (κ1) is 14.6. The lowest BCUT2D eigenvalue weighted by atomic mass is 9.99. The summed E-state index contributed by atoms with van der Waals surface area (Å²) < 4.78 is 0. The van der Waals surface area contributed by atoms with E-state index in [1.54, 1.807) is 0 Å². The number of nitrogen functional groups attached to an aromatic ring is 1. The molecule has 3 nitrogen and oxygen atoms in total. The van der Waals surface area contributed by atoms with E-state index in [2.05, 4.69) is 67.5 Å². The molecule has 112 valence electrons. The van der Waals surface area contributed by atoms with E-state index >= 15 is 0 Å². The third-order valence-corrected chi connectivity index (χ3v) is 4.32. The number of nitrogens with one attached hydrogen (secondary N) is 1. The largest absolute Gasteiger partial charge is 0.375 e. The molecular formula is C18H19N3S. The predicted octanol–water partition coefficient (Wildman–Crippen LogP) is 5.06. The van der Waals surface area contributed by atoms with Gasteiger partial charge in [-0.3, -0.25) is 0 Å². The monoisotopic (exact) mass is 309 g/mol. The molecule has 0 aliphatic rings. The molecule has 0 aliphatic heterocycles. The molecule has 3 N–H and O–H groups in total. The number of hydrogen-bond donors (Lipinski definition) is 2. The second-order valence-electron chi connectivity index (χ2n) is 5.55. The number of rotatable bonds is 3. The van der Waals surface area contributed by atoms with Gasteiger partial charge in [0.1, 0.15) is 0 Å². The summed E-state index contributed by atoms with van der Waals surface area (Å²) in [6, 6.07) is 12.7. The summed E-state index contributed by atoms with van der Waals surface area (Å²) in [4.78, 5) is 4.40. The Balaban J connectivity index is 1.93. The highest BCUT2D eigenvalue weighted by Gasteiger charge is 2.10. The van der Waals surface area contributed by atoms with Gasteiger partial charge in [-0.05, 0) is 56.2 Å². The average Bonchev–Trinajstić information content (AvgIpc) is 2.87. The van der Waals surface area contributed by atoms with Crippen LogP contribution in [0.2, 0.25) is 0 Å². The van der Waals surface area contributed by atoms with Crippen molar-refractivity contribution < 1.29 is 0 Å². The van der Waals surface area contributed by atoms with E-state index in [0.717, 1.165) is 17.1 Å². The van der Waals surface area contributed by atoms with Gasteiger partial charge >= 0.3 is 0 Å². The molecule has 0 spiro atoms. The molecule has 0 amide bonds. The molecule has 3 aromatic rings. The van der Waals surface area contributed by atoms with Crippen LogP contribution in [-0.2, 0) is 0 Å². The van der Waals surface area contributed by atoms with Crippen LogP contribution in [0.4, 0.5) is 16.5 Å². The van der Waals surface area contributed by atoms with E-state index in [4.69, 9.17) is 5.73 Å². The van der Waals surface area contributed by atoms with Crippen LogP contribution in [0.5, 0.6) is 0 Å². The molecule has 22 heavy (non-hydrogen) atoms. The molecule has 1 aromatic heterocycles. The van der Waals surface area contributed by atoms with Crippen LogP contribution < -0.4 is 11.1 Å². The highest BCUT2D eigenvalue weighted by Crippen LogP contribution is 2.32. The van der Waals surface area contributed by atoms with E-state index in [-0.39, 0.29) is 0 Å².